The molecule has 0 fully saturated rings. The van der Waals surface area contributed by atoms with Gasteiger partial charge in [-0.2, -0.15) is 13.2 Å². The number of carbonyl (C=O) groups is 2. The molecule has 8 heteroatoms. The SMILES string of the molecule is CCOC(C(=O)OCC(=O)NCC(F)(F)F)(c1ccccc1)c1ccccc1. The number of benzene rings is 2. The lowest BCUT2D eigenvalue weighted by Gasteiger charge is -2.32. The number of ether oxygens (including phenoxy) is 2. The minimum absolute atomic E-state index is 0.152. The Kier molecular flexibility index (Phi) is 7.17. The molecule has 5 nitrogen and oxygen atoms in total. The third-order valence-corrected chi connectivity index (χ3v) is 3.83. The number of amides is 1. The summed E-state index contributed by atoms with van der Waals surface area (Å²) in [6.45, 7) is -0.510. The highest BCUT2D eigenvalue weighted by Crippen LogP contribution is 2.35. The van der Waals surface area contributed by atoms with Crippen LogP contribution < -0.4 is 5.32 Å². The van der Waals surface area contributed by atoms with Crippen molar-refractivity contribution >= 4 is 11.9 Å². The first-order valence-corrected chi connectivity index (χ1v) is 8.55. The number of rotatable bonds is 8. The second kappa shape index (κ2) is 9.36. The molecule has 0 aliphatic carbocycles. The monoisotopic (exact) mass is 395 g/mol. The van der Waals surface area contributed by atoms with Crippen LogP contribution in [0.5, 0.6) is 0 Å². The van der Waals surface area contributed by atoms with Gasteiger partial charge in [-0.3, -0.25) is 4.79 Å². The first-order valence-electron chi connectivity index (χ1n) is 8.55. The van der Waals surface area contributed by atoms with Gasteiger partial charge in [-0.1, -0.05) is 60.7 Å². The molecule has 2 aromatic rings. The van der Waals surface area contributed by atoms with E-state index in [4.69, 9.17) is 9.47 Å². The standard InChI is InChI=1S/C20H20F3NO4/c1-2-28-20(15-9-5-3-6-10-15,16-11-7-4-8-12-16)18(26)27-13-17(25)24-14-19(21,22)23/h3-12H,2,13-14H2,1H3,(H,24,25). The summed E-state index contributed by atoms with van der Waals surface area (Å²) in [5.41, 5.74) is -0.700. The smallest absolute Gasteiger partial charge is 0.405 e. The molecule has 0 radical (unpaired) electrons. The topological polar surface area (TPSA) is 64.6 Å². The van der Waals surface area contributed by atoms with Crippen molar-refractivity contribution in [2.24, 2.45) is 0 Å². The molecule has 0 atom stereocenters. The van der Waals surface area contributed by atoms with Crippen LogP contribution in [0.1, 0.15) is 18.1 Å². The minimum Gasteiger partial charge on any atom is -0.453 e. The fourth-order valence-corrected chi connectivity index (χ4v) is 2.67. The fraction of sp³-hybridized carbons (Fsp3) is 0.300. The second-order valence-electron chi connectivity index (χ2n) is 5.81. The van der Waals surface area contributed by atoms with Gasteiger partial charge in [0.1, 0.15) is 6.54 Å². The molecule has 0 saturated carbocycles. The number of halogens is 3. The number of nitrogens with one attached hydrogen (secondary N) is 1. The van der Waals surface area contributed by atoms with Gasteiger partial charge >= 0.3 is 12.1 Å². The van der Waals surface area contributed by atoms with E-state index in [0.29, 0.717) is 11.1 Å². The minimum atomic E-state index is -4.55. The van der Waals surface area contributed by atoms with Crippen LogP contribution in [0.2, 0.25) is 0 Å². The van der Waals surface area contributed by atoms with Crippen molar-refractivity contribution in [2.75, 3.05) is 19.8 Å². The van der Waals surface area contributed by atoms with Crippen LogP contribution in [0.25, 0.3) is 0 Å². The van der Waals surface area contributed by atoms with E-state index < -0.39 is 36.8 Å². The zero-order valence-electron chi connectivity index (χ0n) is 15.2. The van der Waals surface area contributed by atoms with Crippen LogP contribution in [0.3, 0.4) is 0 Å². The maximum atomic E-state index is 13.0. The number of esters is 1. The van der Waals surface area contributed by atoms with Crippen LogP contribution in [0, 0.1) is 0 Å². The number of carbonyl (C=O) groups excluding carboxylic acids is 2. The van der Waals surface area contributed by atoms with Crippen molar-refractivity contribution in [2.45, 2.75) is 18.7 Å². The maximum absolute atomic E-state index is 13.0. The normalized spacial score (nSPS) is 11.7. The third kappa shape index (κ3) is 5.32. The Labute approximate surface area is 160 Å². The van der Waals surface area contributed by atoms with Crippen LogP contribution in [0.15, 0.2) is 60.7 Å². The molecule has 150 valence electrons. The molecule has 0 bridgehead atoms. The molecular weight excluding hydrogens is 375 g/mol. The zero-order valence-corrected chi connectivity index (χ0v) is 15.2. The highest BCUT2D eigenvalue weighted by atomic mass is 19.4. The highest BCUT2D eigenvalue weighted by molar-refractivity contribution is 5.88. The van der Waals surface area contributed by atoms with Gasteiger partial charge in [0.05, 0.1) is 0 Å². The molecule has 0 spiro atoms. The molecule has 1 N–H and O–H groups in total. The van der Waals surface area contributed by atoms with Gasteiger partial charge < -0.3 is 14.8 Å². The Morgan fingerprint density at radius 2 is 1.43 bits per heavy atom. The van der Waals surface area contributed by atoms with Gasteiger partial charge in [0.25, 0.3) is 5.91 Å². The predicted molar refractivity (Wildman–Crippen MR) is 95.3 cm³/mol. The summed E-state index contributed by atoms with van der Waals surface area (Å²) in [5, 5.41) is 1.66. The van der Waals surface area contributed by atoms with Crippen LogP contribution in [-0.2, 0) is 24.7 Å². The van der Waals surface area contributed by atoms with Gasteiger partial charge in [0.2, 0.25) is 5.60 Å². The summed E-state index contributed by atoms with van der Waals surface area (Å²) in [5.74, 6) is -1.95. The third-order valence-electron chi connectivity index (χ3n) is 3.83. The first-order chi connectivity index (χ1) is 13.3. The van der Waals surface area contributed by atoms with E-state index in [0.717, 1.165) is 0 Å². The van der Waals surface area contributed by atoms with E-state index in [1.165, 1.54) is 0 Å². The Balaban J connectivity index is 2.29. The molecule has 0 saturated heterocycles. The Bertz CT molecular complexity index is 740. The molecule has 2 rings (SSSR count). The maximum Gasteiger partial charge on any atom is 0.405 e. The van der Waals surface area contributed by atoms with Gasteiger partial charge in [0.15, 0.2) is 6.61 Å². The Morgan fingerprint density at radius 1 is 0.929 bits per heavy atom. The molecule has 0 aliphatic rings. The van der Waals surface area contributed by atoms with Gasteiger partial charge in [-0.15, -0.1) is 0 Å². The van der Waals surface area contributed by atoms with Crippen molar-refractivity contribution in [3.05, 3.63) is 71.8 Å². The van der Waals surface area contributed by atoms with Crippen molar-refractivity contribution in [1.29, 1.82) is 0 Å². The predicted octanol–water partition coefficient (Wildman–Crippen LogP) is 3.19. The summed E-state index contributed by atoms with van der Waals surface area (Å²) in [7, 11) is 0. The zero-order chi connectivity index (χ0) is 20.6. The molecule has 0 heterocycles. The summed E-state index contributed by atoms with van der Waals surface area (Å²) in [6, 6.07) is 17.1. The van der Waals surface area contributed by atoms with Crippen LogP contribution >= 0.6 is 0 Å². The summed E-state index contributed by atoms with van der Waals surface area (Å²) >= 11 is 0. The Morgan fingerprint density at radius 3 is 1.86 bits per heavy atom. The average molecular weight is 395 g/mol. The van der Waals surface area contributed by atoms with Crippen molar-refractivity contribution in [3.8, 4) is 0 Å². The molecule has 1 amide bonds. The highest BCUT2D eigenvalue weighted by Gasteiger charge is 2.45. The average Bonchev–Trinajstić information content (AvgIpc) is 2.69. The molecule has 2 aromatic carbocycles. The van der Waals surface area contributed by atoms with E-state index in [-0.39, 0.29) is 6.61 Å². The van der Waals surface area contributed by atoms with Crippen molar-refractivity contribution in [1.82, 2.24) is 5.32 Å². The van der Waals surface area contributed by atoms with E-state index in [2.05, 4.69) is 0 Å². The first kappa shape index (κ1) is 21.4. The van der Waals surface area contributed by atoms with Gasteiger partial charge in [-0.05, 0) is 18.1 Å². The van der Waals surface area contributed by atoms with E-state index in [1.807, 2.05) is 0 Å². The van der Waals surface area contributed by atoms with Crippen LogP contribution in [-0.4, -0.2) is 37.8 Å². The van der Waals surface area contributed by atoms with Crippen molar-refractivity contribution < 1.29 is 32.2 Å². The lowest BCUT2D eigenvalue weighted by Crippen LogP contribution is -2.43. The lowest BCUT2D eigenvalue weighted by atomic mass is 9.86. The summed E-state index contributed by atoms with van der Waals surface area (Å²) in [6.07, 6.45) is -4.55. The van der Waals surface area contributed by atoms with Gasteiger partial charge in [-0.25, -0.2) is 4.79 Å². The second-order valence-corrected chi connectivity index (χ2v) is 5.81. The van der Waals surface area contributed by atoms with E-state index in [9.17, 15) is 22.8 Å². The summed E-state index contributed by atoms with van der Waals surface area (Å²) < 4.78 is 47.5. The quantitative estimate of drug-likeness (QED) is 0.698. The van der Waals surface area contributed by atoms with E-state index >= 15 is 0 Å². The van der Waals surface area contributed by atoms with Crippen molar-refractivity contribution in [3.63, 3.8) is 0 Å². The number of hydrogen-bond acceptors (Lipinski definition) is 4. The molecular formula is C20H20F3NO4. The lowest BCUT2D eigenvalue weighted by molar-refractivity contribution is -0.170. The number of hydrogen-bond donors (Lipinski definition) is 1. The Hall–Kier alpha value is -2.87. The summed E-state index contributed by atoms with van der Waals surface area (Å²) in [4.78, 5) is 24.6. The largest absolute Gasteiger partial charge is 0.453 e. The molecule has 28 heavy (non-hydrogen) atoms. The molecule has 0 aromatic heterocycles. The fourth-order valence-electron chi connectivity index (χ4n) is 2.67. The van der Waals surface area contributed by atoms with Gasteiger partial charge in [0, 0.05) is 6.61 Å². The number of alkyl halides is 3. The molecule has 0 unspecified atom stereocenters. The molecule has 0 aliphatic heterocycles. The van der Waals surface area contributed by atoms with Crippen LogP contribution in [0.4, 0.5) is 13.2 Å². The van der Waals surface area contributed by atoms with E-state index in [1.54, 1.807) is 72.9 Å².